The summed E-state index contributed by atoms with van der Waals surface area (Å²) in [6.45, 7) is 2.20. The Morgan fingerprint density at radius 2 is 2.35 bits per heavy atom. The largest absolute Gasteiger partial charge is 0.488 e. The predicted octanol–water partition coefficient (Wildman–Crippen LogP) is 3.54. The van der Waals surface area contributed by atoms with E-state index in [4.69, 9.17) is 4.74 Å². The Bertz CT molecular complexity index is 485. The second-order valence-corrected chi connectivity index (χ2v) is 5.50. The molecule has 0 aliphatic rings. The van der Waals surface area contributed by atoms with Gasteiger partial charge in [-0.1, -0.05) is 22.0 Å². The maximum atomic E-state index is 9.65. The zero-order valence-electron chi connectivity index (χ0n) is 9.26. The van der Waals surface area contributed by atoms with Gasteiger partial charge in [0.05, 0.1) is 16.5 Å². The predicted molar refractivity (Wildman–Crippen MR) is 71.2 cm³/mol. The monoisotopic (exact) mass is 313 g/mol. The number of halogens is 1. The molecule has 0 saturated carbocycles. The van der Waals surface area contributed by atoms with Gasteiger partial charge >= 0.3 is 0 Å². The second kappa shape index (κ2) is 5.62. The van der Waals surface area contributed by atoms with Crippen molar-refractivity contribution in [3.05, 3.63) is 44.8 Å². The molecule has 0 spiro atoms. The van der Waals surface area contributed by atoms with Crippen LogP contribution < -0.4 is 4.74 Å². The lowest BCUT2D eigenvalue weighted by Gasteiger charge is -2.13. The van der Waals surface area contributed by atoms with E-state index in [1.54, 1.807) is 30.0 Å². The van der Waals surface area contributed by atoms with Crippen molar-refractivity contribution in [3.8, 4) is 5.75 Å². The van der Waals surface area contributed by atoms with Gasteiger partial charge in [-0.2, -0.15) is 0 Å². The molecule has 1 aromatic carbocycles. The van der Waals surface area contributed by atoms with Crippen LogP contribution in [0.25, 0.3) is 0 Å². The van der Waals surface area contributed by atoms with Crippen molar-refractivity contribution < 1.29 is 9.84 Å². The summed E-state index contributed by atoms with van der Waals surface area (Å²) >= 11 is 4.94. The third-order valence-corrected chi connectivity index (χ3v) is 3.53. The molecule has 2 aromatic rings. The van der Waals surface area contributed by atoms with E-state index in [0.29, 0.717) is 12.4 Å². The van der Waals surface area contributed by atoms with E-state index >= 15 is 0 Å². The number of aromatic nitrogens is 1. The van der Waals surface area contributed by atoms with Gasteiger partial charge in [0.1, 0.15) is 12.4 Å². The number of thiazole rings is 1. The summed E-state index contributed by atoms with van der Waals surface area (Å²) in [6.07, 6.45) is 1.24. The van der Waals surface area contributed by atoms with Crippen molar-refractivity contribution in [2.75, 3.05) is 0 Å². The normalized spacial score (nSPS) is 12.4. The van der Waals surface area contributed by atoms with Crippen LogP contribution in [-0.2, 0) is 6.61 Å². The molecule has 0 bridgehead atoms. The van der Waals surface area contributed by atoms with Crippen molar-refractivity contribution in [1.82, 2.24) is 4.98 Å². The molecule has 0 amide bonds. The molecule has 0 saturated heterocycles. The van der Waals surface area contributed by atoms with Crippen LogP contribution in [0.3, 0.4) is 0 Å². The van der Waals surface area contributed by atoms with Gasteiger partial charge in [-0.05, 0) is 19.1 Å². The van der Waals surface area contributed by atoms with Gasteiger partial charge in [-0.15, -0.1) is 11.3 Å². The first-order valence-corrected chi connectivity index (χ1v) is 6.82. The highest BCUT2D eigenvalue weighted by Gasteiger charge is 2.10. The zero-order chi connectivity index (χ0) is 12.3. The topological polar surface area (TPSA) is 42.4 Å². The van der Waals surface area contributed by atoms with Gasteiger partial charge in [-0.25, -0.2) is 0 Å². The summed E-state index contributed by atoms with van der Waals surface area (Å²) in [5.41, 5.74) is 2.56. The van der Waals surface area contributed by atoms with Crippen LogP contribution in [0.15, 0.2) is 34.4 Å². The second-order valence-electron chi connectivity index (χ2n) is 3.61. The number of hydrogen-bond acceptors (Lipinski definition) is 4. The first-order valence-electron chi connectivity index (χ1n) is 5.14. The standard InChI is InChI=1S/C12H12BrNO2S/c1-8(15)11-3-2-9(13)4-12(11)16-6-10-5-14-7-17-10/h2-5,7-8,15H,6H2,1H3/t8-/m1/s1. The molecule has 2 rings (SSSR count). The maximum Gasteiger partial charge on any atom is 0.126 e. The van der Waals surface area contributed by atoms with Gasteiger partial charge in [0.25, 0.3) is 0 Å². The number of ether oxygens (including phenoxy) is 1. The summed E-state index contributed by atoms with van der Waals surface area (Å²) in [5, 5.41) is 9.65. The third kappa shape index (κ3) is 3.28. The van der Waals surface area contributed by atoms with E-state index in [0.717, 1.165) is 14.9 Å². The zero-order valence-corrected chi connectivity index (χ0v) is 11.7. The van der Waals surface area contributed by atoms with Crippen LogP contribution in [0.2, 0.25) is 0 Å². The number of aliphatic hydroxyl groups is 1. The van der Waals surface area contributed by atoms with Crippen molar-refractivity contribution >= 4 is 27.3 Å². The number of rotatable bonds is 4. The van der Waals surface area contributed by atoms with Crippen LogP contribution in [0.1, 0.15) is 23.5 Å². The van der Waals surface area contributed by atoms with Gasteiger partial charge in [0.2, 0.25) is 0 Å². The Morgan fingerprint density at radius 1 is 1.53 bits per heavy atom. The van der Waals surface area contributed by atoms with E-state index in [-0.39, 0.29) is 0 Å². The fourth-order valence-corrected chi connectivity index (χ4v) is 2.29. The molecule has 90 valence electrons. The molecule has 5 heteroatoms. The third-order valence-electron chi connectivity index (χ3n) is 2.28. The Labute approximate surface area is 112 Å². The van der Waals surface area contributed by atoms with E-state index < -0.39 is 6.10 Å². The quantitative estimate of drug-likeness (QED) is 0.938. The lowest BCUT2D eigenvalue weighted by Crippen LogP contribution is -2.00. The SMILES string of the molecule is C[C@@H](O)c1ccc(Br)cc1OCc1cncs1. The first-order chi connectivity index (χ1) is 8.16. The van der Waals surface area contributed by atoms with Crippen molar-refractivity contribution in [2.45, 2.75) is 19.6 Å². The van der Waals surface area contributed by atoms with Gasteiger partial charge in [0, 0.05) is 16.2 Å². The van der Waals surface area contributed by atoms with Crippen LogP contribution >= 0.6 is 27.3 Å². The van der Waals surface area contributed by atoms with Gasteiger partial charge < -0.3 is 9.84 Å². The maximum absolute atomic E-state index is 9.65. The molecule has 1 aromatic heterocycles. The molecular weight excluding hydrogens is 302 g/mol. The molecule has 0 unspecified atom stereocenters. The highest BCUT2D eigenvalue weighted by molar-refractivity contribution is 9.10. The highest BCUT2D eigenvalue weighted by Crippen LogP contribution is 2.29. The Morgan fingerprint density at radius 3 is 3.00 bits per heavy atom. The molecule has 17 heavy (non-hydrogen) atoms. The Kier molecular flexibility index (Phi) is 4.15. The summed E-state index contributed by atoms with van der Waals surface area (Å²) in [6, 6.07) is 5.61. The minimum atomic E-state index is -0.542. The number of hydrogen-bond donors (Lipinski definition) is 1. The van der Waals surface area contributed by atoms with Gasteiger partial charge in [0.15, 0.2) is 0 Å². The molecule has 1 N–H and O–H groups in total. The van der Waals surface area contributed by atoms with Crippen LogP contribution in [-0.4, -0.2) is 10.1 Å². The number of aliphatic hydroxyl groups excluding tert-OH is 1. The number of nitrogens with zero attached hydrogens (tertiary/aromatic N) is 1. The van der Waals surface area contributed by atoms with E-state index in [2.05, 4.69) is 20.9 Å². The lowest BCUT2D eigenvalue weighted by molar-refractivity contribution is 0.190. The van der Waals surface area contributed by atoms with Crippen molar-refractivity contribution in [2.24, 2.45) is 0 Å². The summed E-state index contributed by atoms with van der Waals surface area (Å²) in [7, 11) is 0. The molecule has 0 aliphatic heterocycles. The molecule has 0 radical (unpaired) electrons. The molecule has 1 heterocycles. The fourth-order valence-electron chi connectivity index (χ4n) is 1.44. The Hall–Kier alpha value is -0.910. The molecular formula is C12H12BrNO2S. The smallest absolute Gasteiger partial charge is 0.126 e. The number of benzene rings is 1. The molecule has 0 fully saturated rings. The fraction of sp³-hybridized carbons (Fsp3) is 0.250. The highest BCUT2D eigenvalue weighted by atomic mass is 79.9. The lowest BCUT2D eigenvalue weighted by atomic mass is 10.1. The average molecular weight is 314 g/mol. The van der Waals surface area contributed by atoms with Crippen LogP contribution in [0.5, 0.6) is 5.75 Å². The van der Waals surface area contributed by atoms with Crippen molar-refractivity contribution in [1.29, 1.82) is 0 Å². The van der Waals surface area contributed by atoms with Crippen LogP contribution in [0.4, 0.5) is 0 Å². The summed E-state index contributed by atoms with van der Waals surface area (Å²) in [5.74, 6) is 0.697. The van der Waals surface area contributed by atoms with E-state index in [1.807, 2.05) is 18.2 Å². The van der Waals surface area contributed by atoms with E-state index in [1.165, 1.54) is 0 Å². The molecule has 0 aliphatic carbocycles. The Balaban J connectivity index is 2.16. The summed E-state index contributed by atoms with van der Waals surface area (Å²) < 4.78 is 6.64. The van der Waals surface area contributed by atoms with Crippen molar-refractivity contribution in [3.63, 3.8) is 0 Å². The van der Waals surface area contributed by atoms with Crippen LogP contribution in [0, 0.1) is 0 Å². The molecule has 1 atom stereocenters. The first kappa shape index (κ1) is 12.5. The van der Waals surface area contributed by atoms with E-state index in [9.17, 15) is 5.11 Å². The minimum absolute atomic E-state index is 0.473. The minimum Gasteiger partial charge on any atom is -0.488 e. The molecule has 3 nitrogen and oxygen atoms in total. The summed E-state index contributed by atoms with van der Waals surface area (Å²) in [4.78, 5) is 5.05. The van der Waals surface area contributed by atoms with Gasteiger partial charge in [-0.3, -0.25) is 4.98 Å². The average Bonchev–Trinajstić information content (AvgIpc) is 2.78.